The van der Waals surface area contributed by atoms with E-state index >= 15 is 0 Å². The second-order valence-corrected chi connectivity index (χ2v) is 6.37. The maximum Gasteiger partial charge on any atom is 0.122 e. The summed E-state index contributed by atoms with van der Waals surface area (Å²) < 4.78 is 10.8. The van der Waals surface area contributed by atoms with Crippen LogP contribution in [0.5, 0.6) is 11.5 Å². The number of hydrogen-bond acceptors (Lipinski definition) is 3. The largest absolute Gasteiger partial charge is 0.497 e. The molecule has 2 atom stereocenters. The van der Waals surface area contributed by atoms with Crippen molar-refractivity contribution in [1.82, 2.24) is 5.32 Å². The van der Waals surface area contributed by atoms with Gasteiger partial charge in [-0.2, -0.15) is 0 Å². The van der Waals surface area contributed by atoms with Gasteiger partial charge in [-0.25, -0.2) is 0 Å². The summed E-state index contributed by atoms with van der Waals surface area (Å²) >= 11 is 0. The lowest BCUT2D eigenvalue weighted by Gasteiger charge is -2.27. The van der Waals surface area contributed by atoms with Gasteiger partial charge in [-0.05, 0) is 30.0 Å². The first kappa shape index (κ1) is 14.2. The average Bonchev–Trinajstić information content (AvgIpc) is 2.87. The van der Waals surface area contributed by atoms with E-state index in [1.807, 2.05) is 12.1 Å². The molecule has 0 aromatic heterocycles. The van der Waals surface area contributed by atoms with Gasteiger partial charge in [-0.1, -0.05) is 20.8 Å². The van der Waals surface area contributed by atoms with Crippen LogP contribution in [0, 0.1) is 5.41 Å². The van der Waals surface area contributed by atoms with Gasteiger partial charge in [0.2, 0.25) is 0 Å². The fourth-order valence-corrected chi connectivity index (χ4v) is 2.79. The molecule has 0 amide bonds. The molecule has 19 heavy (non-hydrogen) atoms. The Bertz CT molecular complexity index is 437. The Morgan fingerprint density at radius 1 is 1.16 bits per heavy atom. The van der Waals surface area contributed by atoms with Gasteiger partial charge in [-0.15, -0.1) is 0 Å². The van der Waals surface area contributed by atoms with Crippen LogP contribution in [0.1, 0.15) is 38.7 Å². The fraction of sp³-hybridized carbons (Fsp3) is 0.625. The van der Waals surface area contributed by atoms with E-state index in [1.54, 1.807) is 14.2 Å². The number of hydrogen-bond donors (Lipinski definition) is 1. The third kappa shape index (κ3) is 3.03. The van der Waals surface area contributed by atoms with Gasteiger partial charge in [0.15, 0.2) is 0 Å². The molecule has 1 N–H and O–H groups in total. The lowest BCUT2D eigenvalue weighted by Crippen LogP contribution is -2.34. The number of nitrogens with one attached hydrogen (secondary N) is 1. The molecule has 1 aromatic carbocycles. The molecule has 1 heterocycles. The van der Waals surface area contributed by atoms with E-state index in [2.05, 4.69) is 32.2 Å². The minimum absolute atomic E-state index is 0.293. The lowest BCUT2D eigenvalue weighted by molar-refractivity contribution is 0.293. The number of rotatable bonds is 3. The molecule has 106 valence electrons. The third-order valence-corrected chi connectivity index (χ3v) is 4.05. The van der Waals surface area contributed by atoms with E-state index in [9.17, 15) is 0 Å². The van der Waals surface area contributed by atoms with E-state index in [-0.39, 0.29) is 0 Å². The van der Waals surface area contributed by atoms with Crippen molar-refractivity contribution in [2.24, 2.45) is 5.41 Å². The maximum atomic E-state index is 5.49. The molecule has 0 radical (unpaired) electrons. The highest BCUT2D eigenvalue weighted by atomic mass is 16.5. The average molecular weight is 263 g/mol. The summed E-state index contributed by atoms with van der Waals surface area (Å²) in [6, 6.07) is 6.61. The van der Waals surface area contributed by atoms with E-state index in [0.717, 1.165) is 24.5 Å². The van der Waals surface area contributed by atoms with Crippen molar-refractivity contribution in [1.29, 1.82) is 0 Å². The summed E-state index contributed by atoms with van der Waals surface area (Å²) in [5, 5.41) is 3.64. The number of benzene rings is 1. The van der Waals surface area contributed by atoms with E-state index < -0.39 is 0 Å². The molecular weight excluding hydrogens is 238 g/mol. The molecule has 1 aromatic rings. The molecular formula is C16H25NO2. The molecule has 2 rings (SSSR count). The number of methoxy groups -OCH3 is 2. The molecule has 3 nitrogen and oxygen atoms in total. The molecule has 1 aliphatic rings. The van der Waals surface area contributed by atoms with Gasteiger partial charge in [0.25, 0.3) is 0 Å². The first-order valence-corrected chi connectivity index (χ1v) is 6.91. The van der Waals surface area contributed by atoms with E-state index in [4.69, 9.17) is 9.47 Å². The molecule has 0 bridgehead atoms. The summed E-state index contributed by atoms with van der Waals surface area (Å²) in [6.07, 6.45) is 1.15. The molecule has 0 saturated carbocycles. The highest BCUT2D eigenvalue weighted by Crippen LogP contribution is 2.38. The van der Waals surface area contributed by atoms with Gasteiger partial charge in [0.1, 0.15) is 11.5 Å². The van der Waals surface area contributed by atoms with Gasteiger partial charge in [-0.3, -0.25) is 0 Å². The van der Waals surface area contributed by atoms with Crippen LogP contribution in [0.15, 0.2) is 18.2 Å². The van der Waals surface area contributed by atoms with Crippen LogP contribution < -0.4 is 14.8 Å². The molecule has 1 fully saturated rings. The maximum absolute atomic E-state index is 5.49. The minimum atomic E-state index is 0.293. The Morgan fingerprint density at radius 2 is 1.89 bits per heavy atom. The zero-order chi connectivity index (χ0) is 14.0. The van der Waals surface area contributed by atoms with Crippen LogP contribution >= 0.6 is 0 Å². The van der Waals surface area contributed by atoms with Crippen LogP contribution in [0.4, 0.5) is 0 Å². The monoisotopic (exact) mass is 263 g/mol. The van der Waals surface area contributed by atoms with E-state index in [0.29, 0.717) is 17.4 Å². The predicted molar refractivity (Wildman–Crippen MR) is 78.1 cm³/mol. The summed E-state index contributed by atoms with van der Waals surface area (Å²) in [5.41, 5.74) is 1.54. The molecule has 1 saturated heterocycles. The van der Waals surface area contributed by atoms with Crippen molar-refractivity contribution < 1.29 is 9.47 Å². The Balaban J connectivity index is 2.23. The smallest absolute Gasteiger partial charge is 0.122 e. The third-order valence-electron chi connectivity index (χ3n) is 4.05. The van der Waals surface area contributed by atoms with Gasteiger partial charge in [0, 0.05) is 24.1 Å². The highest BCUT2D eigenvalue weighted by Gasteiger charge is 2.34. The Labute approximate surface area is 116 Å². The Morgan fingerprint density at radius 3 is 2.42 bits per heavy atom. The summed E-state index contributed by atoms with van der Waals surface area (Å²) in [7, 11) is 3.44. The number of ether oxygens (including phenoxy) is 2. The Kier molecular flexibility index (Phi) is 4.04. The summed E-state index contributed by atoms with van der Waals surface area (Å²) in [5.74, 6) is 2.35. The van der Waals surface area contributed by atoms with E-state index in [1.165, 1.54) is 5.56 Å². The molecule has 0 spiro atoms. The van der Waals surface area contributed by atoms with Crippen molar-refractivity contribution in [2.75, 3.05) is 20.8 Å². The van der Waals surface area contributed by atoms with Crippen molar-refractivity contribution in [3.05, 3.63) is 23.8 Å². The van der Waals surface area contributed by atoms with Crippen LogP contribution in [0.2, 0.25) is 0 Å². The summed E-state index contributed by atoms with van der Waals surface area (Å²) in [6.45, 7) is 7.87. The SMILES string of the molecule is COc1ccc(OC)c(C2CNC(C(C)(C)C)C2)c1. The van der Waals surface area contributed by atoms with Crippen molar-refractivity contribution in [3.63, 3.8) is 0 Å². The quantitative estimate of drug-likeness (QED) is 0.908. The first-order valence-electron chi connectivity index (χ1n) is 6.91. The zero-order valence-electron chi connectivity index (χ0n) is 12.6. The minimum Gasteiger partial charge on any atom is -0.497 e. The van der Waals surface area contributed by atoms with Crippen LogP contribution in [-0.4, -0.2) is 26.8 Å². The van der Waals surface area contributed by atoms with Crippen LogP contribution in [0.25, 0.3) is 0 Å². The lowest BCUT2D eigenvalue weighted by atomic mass is 9.83. The van der Waals surface area contributed by atoms with Crippen molar-refractivity contribution in [2.45, 2.75) is 39.2 Å². The van der Waals surface area contributed by atoms with Crippen LogP contribution in [-0.2, 0) is 0 Å². The predicted octanol–water partition coefficient (Wildman–Crippen LogP) is 3.20. The first-order chi connectivity index (χ1) is 8.95. The van der Waals surface area contributed by atoms with Crippen molar-refractivity contribution in [3.8, 4) is 11.5 Å². The molecule has 0 aliphatic carbocycles. The van der Waals surface area contributed by atoms with Crippen LogP contribution in [0.3, 0.4) is 0 Å². The highest BCUT2D eigenvalue weighted by molar-refractivity contribution is 5.43. The van der Waals surface area contributed by atoms with Gasteiger partial charge in [0.05, 0.1) is 14.2 Å². The zero-order valence-corrected chi connectivity index (χ0v) is 12.6. The van der Waals surface area contributed by atoms with Gasteiger partial charge >= 0.3 is 0 Å². The fourth-order valence-electron chi connectivity index (χ4n) is 2.79. The van der Waals surface area contributed by atoms with Crippen molar-refractivity contribution >= 4 is 0 Å². The Hall–Kier alpha value is -1.22. The topological polar surface area (TPSA) is 30.5 Å². The second kappa shape index (κ2) is 5.41. The molecule has 3 heteroatoms. The standard InChI is InChI=1S/C16H25NO2/c1-16(2,3)15-8-11(10-17-15)13-9-12(18-4)6-7-14(13)19-5/h6-7,9,11,15,17H,8,10H2,1-5H3. The van der Waals surface area contributed by atoms with Gasteiger partial charge < -0.3 is 14.8 Å². The molecule has 1 aliphatic heterocycles. The molecule has 2 unspecified atom stereocenters. The second-order valence-electron chi connectivity index (χ2n) is 6.37. The summed E-state index contributed by atoms with van der Waals surface area (Å²) in [4.78, 5) is 0. The normalized spacial score (nSPS) is 23.4.